The molecule has 5 heteroatoms. The zero-order chi connectivity index (χ0) is 31.3. The van der Waals surface area contributed by atoms with Crippen molar-refractivity contribution in [3.8, 4) is 39.5 Å². The second-order valence-corrected chi connectivity index (χ2v) is 17.3. The first-order valence-electron chi connectivity index (χ1n) is 16.1. The highest BCUT2D eigenvalue weighted by molar-refractivity contribution is 7.03. The zero-order valence-corrected chi connectivity index (χ0v) is 27.0. The van der Waals surface area contributed by atoms with E-state index in [1.54, 1.807) is 0 Å². The maximum Gasteiger partial charge on any atom is 0.161 e. The number of aromatic nitrogens is 3. The van der Waals surface area contributed by atoms with Gasteiger partial charge in [-0.3, -0.25) is 0 Å². The Morgan fingerprint density at radius 3 is 2.13 bits per heavy atom. The molecular weight excluding hydrogens is 591 g/mol. The minimum Gasteiger partial charge on any atom is -0.456 e. The van der Waals surface area contributed by atoms with Gasteiger partial charge in [0.25, 0.3) is 0 Å². The lowest BCUT2D eigenvalue weighted by atomic mass is 10.0. The van der Waals surface area contributed by atoms with Crippen molar-refractivity contribution in [3.05, 3.63) is 140 Å². The molecule has 6 aromatic carbocycles. The predicted molar refractivity (Wildman–Crippen MR) is 197 cm³/mol. The van der Waals surface area contributed by atoms with Gasteiger partial charge in [0, 0.05) is 43.6 Å². The second kappa shape index (κ2) is 9.61. The smallest absolute Gasteiger partial charge is 0.161 e. The number of para-hydroxylation sites is 3. The van der Waals surface area contributed by atoms with Gasteiger partial charge in [-0.15, -0.1) is 0 Å². The summed E-state index contributed by atoms with van der Waals surface area (Å²) in [6, 6.07) is 49.4. The monoisotopic (exact) mass is 619 g/mol. The average Bonchev–Trinajstić information content (AvgIpc) is 3.72. The van der Waals surface area contributed by atoms with Crippen molar-refractivity contribution in [2.24, 2.45) is 0 Å². The molecule has 0 saturated heterocycles. The topological polar surface area (TPSA) is 43.9 Å². The van der Waals surface area contributed by atoms with Crippen molar-refractivity contribution >= 4 is 62.3 Å². The fraction of sp³-hybridized carbons (Fsp3) is 0.0476. The summed E-state index contributed by atoms with van der Waals surface area (Å²) < 4.78 is 8.72. The summed E-state index contributed by atoms with van der Waals surface area (Å²) in [5, 5.41) is 7.20. The van der Waals surface area contributed by atoms with Crippen LogP contribution in [0.15, 0.2) is 144 Å². The van der Waals surface area contributed by atoms with Gasteiger partial charge in [0.15, 0.2) is 5.82 Å². The second-order valence-electron chi connectivity index (χ2n) is 13.0. The summed E-state index contributed by atoms with van der Waals surface area (Å²) in [6.45, 7) is 4.84. The van der Waals surface area contributed by atoms with E-state index in [1.165, 1.54) is 27.0 Å². The molecule has 0 aliphatic carbocycles. The molecule has 1 aliphatic heterocycles. The van der Waals surface area contributed by atoms with E-state index in [9.17, 15) is 0 Å². The molecule has 0 atom stereocenters. The highest BCUT2D eigenvalue weighted by Crippen LogP contribution is 2.41. The summed E-state index contributed by atoms with van der Waals surface area (Å²) in [4.78, 5) is 11.0. The molecule has 222 valence electrons. The molecule has 10 rings (SSSR count). The van der Waals surface area contributed by atoms with E-state index in [-0.39, 0.29) is 0 Å². The molecule has 0 saturated carbocycles. The number of fused-ring (bicyclic) bond motifs is 9. The summed E-state index contributed by atoms with van der Waals surface area (Å²) >= 11 is 0. The Bertz CT molecular complexity index is 2720. The van der Waals surface area contributed by atoms with E-state index < -0.39 is 8.07 Å². The number of furan rings is 1. The van der Waals surface area contributed by atoms with Gasteiger partial charge in [0.2, 0.25) is 0 Å². The van der Waals surface area contributed by atoms with Gasteiger partial charge >= 0.3 is 0 Å². The Morgan fingerprint density at radius 1 is 0.553 bits per heavy atom. The van der Waals surface area contributed by atoms with E-state index in [0.717, 1.165) is 66.7 Å². The van der Waals surface area contributed by atoms with Crippen LogP contribution in [0.5, 0.6) is 0 Å². The highest BCUT2D eigenvalue weighted by atomic mass is 28.3. The molecular formula is C42H29N3OSi. The molecule has 0 N–H and O–H groups in total. The highest BCUT2D eigenvalue weighted by Gasteiger charge is 2.41. The van der Waals surface area contributed by atoms with Crippen LogP contribution in [0.25, 0.3) is 83.2 Å². The number of hydrogen-bond acceptors (Lipinski definition) is 3. The third-order valence-electron chi connectivity index (χ3n) is 9.97. The van der Waals surface area contributed by atoms with Crippen LogP contribution in [0.3, 0.4) is 0 Å². The van der Waals surface area contributed by atoms with Crippen LogP contribution in [0.1, 0.15) is 0 Å². The Morgan fingerprint density at radius 2 is 1.26 bits per heavy atom. The normalized spacial score (nSPS) is 13.5. The number of hydrogen-bond donors (Lipinski definition) is 0. The fourth-order valence-corrected chi connectivity index (χ4v) is 10.7. The van der Waals surface area contributed by atoms with Gasteiger partial charge in [-0.1, -0.05) is 116 Å². The van der Waals surface area contributed by atoms with Crippen molar-refractivity contribution in [3.63, 3.8) is 0 Å². The first kappa shape index (κ1) is 26.4. The van der Waals surface area contributed by atoms with Crippen molar-refractivity contribution in [2.45, 2.75) is 13.1 Å². The molecule has 1 aliphatic rings. The Balaban J connectivity index is 1.29. The van der Waals surface area contributed by atoms with Gasteiger partial charge in [0.05, 0.1) is 22.4 Å². The Hall–Kier alpha value is -5.78. The van der Waals surface area contributed by atoms with Crippen molar-refractivity contribution in [2.75, 3.05) is 0 Å². The maximum atomic E-state index is 6.34. The number of benzene rings is 6. The molecule has 0 fully saturated rings. The van der Waals surface area contributed by atoms with E-state index in [4.69, 9.17) is 14.4 Å². The third kappa shape index (κ3) is 3.69. The fourth-order valence-electron chi connectivity index (χ4n) is 7.77. The molecule has 0 unspecified atom stereocenters. The van der Waals surface area contributed by atoms with Crippen LogP contribution in [0, 0.1) is 0 Å². The molecule has 0 spiro atoms. The predicted octanol–water partition coefficient (Wildman–Crippen LogP) is 9.61. The molecule has 0 bridgehead atoms. The lowest BCUT2D eigenvalue weighted by Gasteiger charge is -2.20. The third-order valence-corrected chi connectivity index (χ3v) is 13.3. The van der Waals surface area contributed by atoms with Crippen LogP contribution in [0.4, 0.5) is 0 Å². The van der Waals surface area contributed by atoms with Gasteiger partial charge < -0.3 is 8.98 Å². The van der Waals surface area contributed by atoms with Crippen LogP contribution in [-0.4, -0.2) is 22.6 Å². The molecule has 0 amide bonds. The SMILES string of the molecule is C[Si]1(C)c2ccccc2-c2c(-c3ccccc3)nc(-c3ccccc3-n3c4ccccc4c4cc5oc6ccccc6c5cc43)nc21. The molecule has 0 radical (unpaired) electrons. The maximum absolute atomic E-state index is 6.34. The number of nitrogens with zero attached hydrogens (tertiary/aromatic N) is 3. The Kier molecular flexibility index (Phi) is 5.41. The van der Waals surface area contributed by atoms with Crippen LogP contribution in [-0.2, 0) is 0 Å². The molecule has 47 heavy (non-hydrogen) atoms. The summed E-state index contributed by atoms with van der Waals surface area (Å²) in [6.07, 6.45) is 0. The zero-order valence-electron chi connectivity index (χ0n) is 26.0. The largest absolute Gasteiger partial charge is 0.456 e. The van der Waals surface area contributed by atoms with E-state index in [0.29, 0.717) is 0 Å². The van der Waals surface area contributed by atoms with Crippen molar-refractivity contribution in [1.29, 1.82) is 0 Å². The van der Waals surface area contributed by atoms with Crippen molar-refractivity contribution < 1.29 is 4.42 Å². The first-order valence-corrected chi connectivity index (χ1v) is 19.1. The minimum absolute atomic E-state index is 0.757. The Labute approximate surface area is 272 Å². The quantitative estimate of drug-likeness (QED) is 0.185. The lowest BCUT2D eigenvalue weighted by molar-refractivity contribution is 0.669. The standard InChI is InChI=1S/C42H29N3OSi/c1-47(2)38-23-13-9-19-30(38)39-40(26-14-4-3-5-15-26)43-41(44-42(39)47)29-18-7-11-21-34(29)45-33-20-10-6-16-27(33)31-25-37-32(24-35(31)45)28-17-8-12-22-36(28)46-37/h3-25H,1-2H3. The minimum atomic E-state index is -2.10. The first-order chi connectivity index (χ1) is 23.1. The molecule has 3 aromatic heterocycles. The van der Waals surface area contributed by atoms with Crippen molar-refractivity contribution in [1.82, 2.24) is 14.5 Å². The number of rotatable bonds is 3. The molecule has 9 aromatic rings. The van der Waals surface area contributed by atoms with Crippen LogP contribution < -0.4 is 10.5 Å². The average molecular weight is 620 g/mol. The summed E-state index contributed by atoms with van der Waals surface area (Å²) in [7, 11) is -2.10. The van der Waals surface area contributed by atoms with Gasteiger partial charge in [-0.25, -0.2) is 9.97 Å². The van der Waals surface area contributed by atoms with Gasteiger partial charge in [-0.2, -0.15) is 0 Å². The van der Waals surface area contributed by atoms with E-state index in [2.05, 4.69) is 145 Å². The summed E-state index contributed by atoms with van der Waals surface area (Å²) in [5.74, 6) is 0.757. The van der Waals surface area contributed by atoms with Crippen LogP contribution in [0.2, 0.25) is 13.1 Å². The lowest BCUT2D eigenvalue weighted by Crippen LogP contribution is -2.50. The van der Waals surface area contributed by atoms with Crippen LogP contribution >= 0.6 is 0 Å². The summed E-state index contributed by atoms with van der Waals surface area (Å²) in [5.41, 5.74) is 10.7. The van der Waals surface area contributed by atoms with Gasteiger partial charge in [-0.05, 0) is 47.1 Å². The van der Waals surface area contributed by atoms with E-state index >= 15 is 0 Å². The van der Waals surface area contributed by atoms with Gasteiger partial charge in [0.1, 0.15) is 19.2 Å². The molecule has 4 heterocycles. The van der Waals surface area contributed by atoms with E-state index in [1.807, 2.05) is 12.1 Å². The molecule has 4 nitrogen and oxygen atoms in total.